The molecule has 0 fully saturated rings. The van der Waals surface area contributed by atoms with Crippen LogP contribution in [0.2, 0.25) is 0 Å². The molecule has 5 heteroatoms. The lowest BCUT2D eigenvalue weighted by molar-refractivity contribution is 0.147. The summed E-state index contributed by atoms with van der Waals surface area (Å²) in [5, 5.41) is 7.58. The van der Waals surface area contributed by atoms with E-state index < -0.39 is 0 Å². The molecule has 0 saturated heterocycles. The third-order valence-corrected chi connectivity index (χ3v) is 2.50. The fourth-order valence-corrected chi connectivity index (χ4v) is 1.63. The van der Waals surface area contributed by atoms with E-state index in [0.717, 1.165) is 37.5 Å². The maximum atomic E-state index is 5.26. The van der Waals surface area contributed by atoms with Crippen LogP contribution in [0.25, 0.3) is 5.65 Å². The highest BCUT2D eigenvalue weighted by molar-refractivity contribution is 5.44. The molecule has 2 aromatic heterocycles. The third kappa shape index (κ3) is 2.94. The standard InChI is InChI=1S/C12H18N4O/c1-3-17-9-5-8-13-12-14-11-7-4-6-10(2)16(11)15-12/h4,6-7H,3,5,8-9H2,1-2H3,(H,13,15). The lowest BCUT2D eigenvalue weighted by atomic mass is 10.4. The number of hydrogen-bond donors (Lipinski definition) is 1. The van der Waals surface area contributed by atoms with E-state index >= 15 is 0 Å². The predicted molar refractivity (Wildman–Crippen MR) is 67.3 cm³/mol. The van der Waals surface area contributed by atoms with Crippen molar-refractivity contribution < 1.29 is 4.74 Å². The third-order valence-electron chi connectivity index (χ3n) is 2.50. The normalized spacial score (nSPS) is 10.9. The number of fused-ring (bicyclic) bond motifs is 1. The van der Waals surface area contributed by atoms with E-state index in [-0.39, 0.29) is 0 Å². The molecule has 0 aliphatic heterocycles. The van der Waals surface area contributed by atoms with Gasteiger partial charge in [-0.2, -0.15) is 4.98 Å². The quantitative estimate of drug-likeness (QED) is 0.775. The molecule has 0 amide bonds. The molecule has 0 radical (unpaired) electrons. The molecule has 2 heterocycles. The summed E-state index contributed by atoms with van der Waals surface area (Å²) in [5.41, 5.74) is 1.95. The van der Waals surface area contributed by atoms with Gasteiger partial charge in [0.05, 0.1) is 0 Å². The van der Waals surface area contributed by atoms with Gasteiger partial charge < -0.3 is 10.1 Å². The molecule has 2 aromatic rings. The Bertz CT molecular complexity index is 480. The first-order valence-corrected chi connectivity index (χ1v) is 5.95. The summed E-state index contributed by atoms with van der Waals surface area (Å²) < 4.78 is 7.10. The molecular weight excluding hydrogens is 216 g/mol. The molecule has 0 aromatic carbocycles. The van der Waals surface area contributed by atoms with Crippen LogP contribution in [0.3, 0.4) is 0 Å². The fourth-order valence-electron chi connectivity index (χ4n) is 1.63. The Hall–Kier alpha value is -1.62. The number of aryl methyl sites for hydroxylation is 1. The number of hydrogen-bond acceptors (Lipinski definition) is 4. The Labute approximate surface area is 101 Å². The Balaban J connectivity index is 1.93. The molecule has 2 rings (SSSR count). The molecule has 0 aliphatic carbocycles. The van der Waals surface area contributed by atoms with Gasteiger partial charge in [0, 0.05) is 25.5 Å². The molecule has 0 spiro atoms. The second kappa shape index (κ2) is 5.63. The molecule has 0 bridgehead atoms. The summed E-state index contributed by atoms with van der Waals surface area (Å²) in [5.74, 6) is 0.677. The van der Waals surface area contributed by atoms with E-state index in [9.17, 15) is 0 Å². The summed E-state index contributed by atoms with van der Waals surface area (Å²) in [6.07, 6.45) is 0.961. The van der Waals surface area contributed by atoms with Crippen molar-refractivity contribution in [1.82, 2.24) is 14.6 Å². The minimum Gasteiger partial charge on any atom is -0.382 e. The molecule has 0 aliphatic rings. The minimum atomic E-state index is 0.677. The molecule has 1 N–H and O–H groups in total. The maximum Gasteiger partial charge on any atom is 0.243 e. The maximum absolute atomic E-state index is 5.26. The van der Waals surface area contributed by atoms with E-state index in [0.29, 0.717) is 5.95 Å². The smallest absolute Gasteiger partial charge is 0.243 e. The number of anilines is 1. The van der Waals surface area contributed by atoms with Crippen molar-refractivity contribution in [2.24, 2.45) is 0 Å². The van der Waals surface area contributed by atoms with E-state index in [4.69, 9.17) is 4.74 Å². The van der Waals surface area contributed by atoms with Gasteiger partial charge in [0.2, 0.25) is 5.95 Å². The molecule has 0 saturated carbocycles. The number of ether oxygens (including phenoxy) is 1. The van der Waals surface area contributed by atoms with E-state index in [2.05, 4.69) is 15.4 Å². The van der Waals surface area contributed by atoms with Gasteiger partial charge >= 0.3 is 0 Å². The van der Waals surface area contributed by atoms with Gasteiger partial charge in [0.1, 0.15) is 0 Å². The van der Waals surface area contributed by atoms with E-state index in [1.807, 2.05) is 36.6 Å². The van der Waals surface area contributed by atoms with Crippen molar-refractivity contribution in [3.63, 3.8) is 0 Å². The number of nitrogens with zero attached hydrogens (tertiary/aromatic N) is 3. The molecule has 5 nitrogen and oxygen atoms in total. The van der Waals surface area contributed by atoms with Crippen molar-refractivity contribution in [3.8, 4) is 0 Å². The van der Waals surface area contributed by atoms with Crippen LogP contribution in [0.1, 0.15) is 19.0 Å². The van der Waals surface area contributed by atoms with Gasteiger partial charge in [-0.1, -0.05) is 6.07 Å². The largest absolute Gasteiger partial charge is 0.382 e. The van der Waals surface area contributed by atoms with Crippen molar-refractivity contribution in [2.45, 2.75) is 20.3 Å². The lowest BCUT2D eigenvalue weighted by Crippen LogP contribution is -2.06. The zero-order chi connectivity index (χ0) is 12.1. The van der Waals surface area contributed by atoms with Crippen LogP contribution in [-0.2, 0) is 4.74 Å². The van der Waals surface area contributed by atoms with Crippen molar-refractivity contribution in [2.75, 3.05) is 25.1 Å². The SMILES string of the molecule is CCOCCCNc1nc2cccc(C)n2n1. The highest BCUT2D eigenvalue weighted by Crippen LogP contribution is 2.07. The van der Waals surface area contributed by atoms with Crippen LogP contribution in [0.5, 0.6) is 0 Å². The van der Waals surface area contributed by atoms with Crippen LogP contribution in [0.15, 0.2) is 18.2 Å². The highest BCUT2D eigenvalue weighted by Gasteiger charge is 2.03. The van der Waals surface area contributed by atoms with Crippen LogP contribution < -0.4 is 5.32 Å². The number of aromatic nitrogens is 3. The summed E-state index contributed by atoms with van der Waals surface area (Å²) in [7, 11) is 0. The summed E-state index contributed by atoms with van der Waals surface area (Å²) in [4.78, 5) is 4.39. The van der Waals surface area contributed by atoms with Gasteiger partial charge in [-0.15, -0.1) is 5.10 Å². The highest BCUT2D eigenvalue weighted by atomic mass is 16.5. The molecule has 92 valence electrons. The molecule has 17 heavy (non-hydrogen) atoms. The second-order valence-electron chi connectivity index (χ2n) is 3.85. The first-order chi connectivity index (χ1) is 8.31. The Morgan fingerprint density at radius 3 is 3.06 bits per heavy atom. The average molecular weight is 234 g/mol. The van der Waals surface area contributed by atoms with Crippen molar-refractivity contribution >= 4 is 11.6 Å². The van der Waals surface area contributed by atoms with Crippen LogP contribution in [0.4, 0.5) is 5.95 Å². The summed E-state index contributed by atoms with van der Waals surface area (Å²) >= 11 is 0. The van der Waals surface area contributed by atoms with Gasteiger partial charge in [-0.05, 0) is 32.4 Å². The fraction of sp³-hybridized carbons (Fsp3) is 0.500. The molecular formula is C12H18N4O. The monoisotopic (exact) mass is 234 g/mol. The number of rotatable bonds is 6. The van der Waals surface area contributed by atoms with Gasteiger partial charge in [0.15, 0.2) is 5.65 Å². The zero-order valence-electron chi connectivity index (χ0n) is 10.3. The van der Waals surface area contributed by atoms with Gasteiger partial charge in [-0.25, -0.2) is 4.52 Å². The Morgan fingerprint density at radius 2 is 2.29 bits per heavy atom. The zero-order valence-corrected chi connectivity index (χ0v) is 10.3. The predicted octanol–water partition coefficient (Wildman–Crippen LogP) is 1.88. The van der Waals surface area contributed by atoms with Crippen molar-refractivity contribution in [1.29, 1.82) is 0 Å². The first kappa shape index (κ1) is 11.9. The summed E-state index contributed by atoms with van der Waals surface area (Å²) in [6, 6.07) is 5.95. The number of pyridine rings is 1. The van der Waals surface area contributed by atoms with Crippen LogP contribution >= 0.6 is 0 Å². The lowest BCUT2D eigenvalue weighted by Gasteiger charge is -2.01. The van der Waals surface area contributed by atoms with E-state index in [1.165, 1.54) is 0 Å². The minimum absolute atomic E-state index is 0.677. The van der Waals surface area contributed by atoms with Crippen molar-refractivity contribution in [3.05, 3.63) is 23.9 Å². The Morgan fingerprint density at radius 1 is 1.41 bits per heavy atom. The van der Waals surface area contributed by atoms with Crippen LogP contribution in [0, 0.1) is 6.92 Å². The van der Waals surface area contributed by atoms with Gasteiger partial charge in [0.25, 0.3) is 0 Å². The average Bonchev–Trinajstić information content (AvgIpc) is 2.73. The molecule has 0 atom stereocenters. The Kier molecular flexibility index (Phi) is 3.93. The van der Waals surface area contributed by atoms with E-state index in [1.54, 1.807) is 0 Å². The number of nitrogens with one attached hydrogen (secondary N) is 1. The first-order valence-electron chi connectivity index (χ1n) is 5.95. The summed E-state index contributed by atoms with van der Waals surface area (Å²) in [6.45, 7) is 6.39. The molecule has 0 unspecified atom stereocenters. The topological polar surface area (TPSA) is 51.5 Å². The second-order valence-corrected chi connectivity index (χ2v) is 3.85. The van der Waals surface area contributed by atoms with Crippen LogP contribution in [-0.4, -0.2) is 34.4 Å². The van der Waals surface area contributed by atoms with Gasteiger partial charge in [-0.3, -0.25) is 0 Å².